The number of fused-ring (bicyclic) bond motifs is 1. The first-order valence-corrected chi connectivity index (χ1v) is 10.2. The van der Waals surface area contributed by atoms with Crippen molar-refractivity contribution in [3.05, 3.63) is 45.8 Å². The van der Waals surface area contributed by atoms with Crippen LogP contribution in [0.2, 0.25) is 0 Å². The zero-order chi connectivity index (χ0) is 18.1. The number of thiazole rings is 1. The molecule has 0 radical (unpaired) electrons. The van der Waals surface area contributed by atoms with Gasteiger partial charge in [-0.25, -0.2) is 4.98 Å². The maximum atomic E-state index is 12.9. The summed E-state index contributed by atoms with van der Waals surface area (Å²) in [6, 6.07) is 11.0. The zero-order valence-corrected chi connectivity index (χ0v) is 16.3. The van der Waals surface area contributed by atoms with Crippen LogP contribution in [0.5, 0.6) is 0 Å². The zero-order valence-electron chi connectivity index (χ0n) is 15.5. The molecule has 2 aliphatic rings. The van der Waals surface area contributed by atoms with Crippen molar-refractivity contribution in [2.75, 3.05) is 38.6 Å². The molecule has 0 saturated carbocycles. The molecule has 6 heteroatoms. The van der Waals surface area contributed by atoms with Crippen LogP contribution >= 0.6 is 11.3 Å². The minimum Gasteiger partial charge on any atom is -0.351 e. The molecule has 2 aliphatic heterocycles. The van der Waals surface area contributed by atoms with E-state index in [2.05, 4.69) is 48.2 Å². The number of likely N-dealkylation sites (tertiary alicyclic amines) is 1. The van der Waals surface area contributed by atoms with Gasteiger partial charge >= 0.3 is 0 Å². The fourth-order valence-corrected chi connectivity index (χ4v) is 4.92. The van der Waals surface area contributed by atoms with Gasteiger partial charge in [-0.05, 0) is 38.9 Å². The Labute approximate surface area is 159 Å². The van der Waals surface area contributed by atoms with Gasteiger partial charge in [0, 0.05) is 37.1 Å². The van der Waals surface area contributed by atoms with Gasteiger partial charge in [0.25, 0.3) is 5.91 Å². The second-order valence-electron chi connectivity index (χ2n) is 7.43. The molecule has 0 spiro atoms. The van der Waals surface area contributed by atoms with Gasteiger partial charge in [-0.15, -0.1) is 11.3 Å². The number of benzene rings is 1. The van der Waals surface area contributed by atoms with Crippen molar-refractivity contribution in [3.8, 4) is 0 Å². The third-order valence-corrected chi connectivity index (χ3v) is 6.48. The molecule has 0 bridgehead atoms. The number of amides is 1. The van der Waals surface area contributed by atoms with Crippen LogP contribution in [0.4, 0.5) is 5.82 Å². The van der Waals surface area contributed by atoms with E-state index in [1.807, 2.05) is 11.0 Å². The van der Waals surface area contributed by atoms with Crippen molar-refractivity contribution in [2.24, 2.45) is 0 Å². The number of nitrogens with zero attached hydrogens (tertiary/aromatic N) is 4. The third kappa shape index (κ3) is 3.48. The second kappa shape index (κ2) is 7.37. The van der Waals surface area contributed by atoms with E-state index in [9.17, 15) is 4.79 Å². The Kier molecular flexibility index (Phi) is 4.96. The number of anilines is 1. The lowest BCUT2D eigenvalue weighted by Crippen LogP contribution is -2.34. The molecule has 1 saturated heterocycles. The molecule has 5 nitrogen and oxygen atoms in total. The van der Waals surface area contributed by atoms with Crippen molar-refractivity contribution < 1.29 is 4.79 Å². The Morgan fingerprint density at radius 3 is 2.81 bits per heavy atom. The number of likely N-dealkylation sites (N-methyl/N-ethyl adjacent to an activating group) is 1. The van der Waals surface area contributed by atoms with Crippen LogP contribution in [0.3, 0.4) is 0 Å². The molecular weight excluding hydrogens is 344 g/mol. The summed E-state index contributed by atoms with van der Waals surface area (Å²) in [7, 11) is 4.17. The summed E-state index contributed by atoms with van der Waals surface area (Å²) in [5, 5.41) is 0.661. The van der Waals surface area contributed by atoms with Crippen molar-refractivity contribution in [2.45, 2.75) is 31.8 Å². The lowest BCUT2D eigenvalue weighted by atomic mass is 10.1. The lowest BCUT2D eigenvalue weighted by molar-refractivity contribution is 0.0782. The molecule has 4 rings (SSSR count). The lowest BCUT2D eigenvalue weighted by Gasteiger charge is -2.27. The molecule has 1 amide bonds. The summed E-state index contributed by atoms with van der Waals surface area (Å²) in [5.41, 5.74) is 1.29. The molecular formula is C20H26N4OS. The maximum absolute atomic E-state index is 12.9. The number of aromatic nitrogens is 1. The number of rotatable bonds is 4. The number of hydrogen-bond acceptors (Lipinski definition) is 5. The van der Waals surface area contributed by atoms with Crippen LogP contribution in [-0.2, 0) is 13.0 Å². The van der Waals surface area contributed by atoms with E-state index < -0.39 is 0 Å². The van der Waals surface area contributed by atoms with Gasteiger partial charge in [-0.3, -0.25) is 4.79 Å². The first kappa shape index (κ1) is 17.5. The Bertz CT molecular complexity index is 773. The summed E-state index contributed by atoms with van der Waals surface area (Å²) < 4.78 is 0. The largest absolute Gasteiger partial charge is 0.351 e. The molecule has 26 heavy (non-hydrogen) atoms. The van der Waals surface area contributed by atoms with Crippen LogP contribution < -0.4 is 4.90 Å². The van der Waals surface area contributed by atoms with Gasteiger partial charge in [0.2, 0.25) is 0 Å². The van der Waals surface area contributed by atoms with Gasteiger partial charge in [0.05, 0.1) is 0 Å². The normalized spacial score (nSPS) is 19.9. The molecule has 0 unspecified atom stereocenters. The minimum absolute atomic E-state index is 0.105. The van der Waals surface area contributed by atoms with Gasteiger partial charge in [-0.2, -0.15) is 0 Å². The highest BCUT2D eigenvalue weighted by molar-refractivity contribution is 7.14. The molecule has 1 aromatic carbocycles. The average Bonchev–Trinajstić information content (AvgIpc) is 3.30. The topological polar surface area (TPSA) is 39.7 Å². The second-order valence-corrected chi connectivity index (χ2v) is 8.52. The fourth-order valence-electron chi connectivity index (χ4n) is 3.82. The van der Waals surface area contributed by atoms with E-state index in [1.54, 1.807) is 11.3 Å². The van der Waals surface area contributed by atoms with Crippen LogP contribution in [0.25, 0.3) is 0 Å². The molecule has 1 fully saturated rings. The van der Waals surface area contributed by atoms with Crippen molar-refractivity contribution in [3.63, 3.8) is 0 Å². The predicted octanol–water partition coefficient (Wildman–Crippen LogP) is 2.87. The molecule has 0 aliphatic carbocycles. The third-order valence-electron chi connectivity index (χ3n) is 5.39. The fraction of sp³-hybridized carbons (Fsp3) is 0.500. The van der Waals surface area contributed by atoms with Crippen molar-refractivity contribution in [1.82, 2.24) is 14.8 Å². The van der Waals surface area contributed by atoms with E-state index >= 15 is 0 Å². The van der Waals surface area contributed by atoms with Crippen LogP contribution in [0.15, 0.2) is 30.3 Å². The van der Waals surface area contributed by atoms with E-state index in [0.29, 0.717) is 11.0 Å². The highest BCUT2D eigenvalue weighted by Gasteiger charge is 2.31. The van der Waals surface area contributed by atoms with Crippen molar-refractivity contribution in [1.29, 1.82) is 0 Å². The molecule has 3 heterocycles. The average molecular weight is 371 g/mol. The van der Waals surface area contributed by atoms with Crippen molar-refractivity contribution >= 4 is 23.1 Å². The molecule has 1 atom stereocenters. The Morgan fingerprint density at radius 1 is 1.27 bits per heavy atom. The van der Waals surface area contributed by atoms with Gasteiger partial charge < -0.3 is 14.7 Å². The first-order chi connectivity index (χ1) is 12.6. The van der Waals surface area contributed by atoms with E-state index in [4.69, 9.17) is 4.98 Å². The van der Waals surface area contributed by atoms with Crippen LogP contribution in [0, 0.1) is 0 Å². The molecule has 0 N–H and O–H groups in total. The summed E-state index contributed by atoms with van der Waals surface area (Å²) in [6.07, 6.45) is 3.21. The van der Waals surface area contributed by atoms with Gasteiger partial charge in [-0.1, -0.05) is 30.3 Å². The summed E-state index contributed by atoms with van der Waals surface area (Å²) in [5.74, 6) is 1.13. The van der Waals surface area contributed by atoms with E-state index in [1.165, 1.54) is 10.4 Å². The van der Waals surface area contributed by atoms with E-state index in [0.717, 1.165) is 51.3 Å². The molecule has 2 aromatic rings. The summed E-state index contributed by atoms with van der Waals surface area (Å²) in [6.45, 7) is 3.51. The van der Waals surface area contributed by atoms with Crippen LogP contribution in [0.1, 0.15) is 33.1 Å². The van der Waals surface area contributed by atoms with Crippen LogP contribution in [-0.4, -0.2) is 60.5 Å². The summed E-state index contributed by atoms with van der Waals surface area (Å²) >= 11 is 1.60. The molecule has 138 valence electrons. The molecule has 1 aromatic heterocycles. The Morgan fingerprint density at radius 2 is 2.08 bits per heavy atom. The van der Waals surface area contributed by atoms with Gasteiger partial charge in [0.15, 0.2) is 5.01 Å². The highest BCUT2D eigenvalue weighted by Crippen LogP contribution is 2.33. The SMILES string of the molecule is CN(C)[C@@H]1CCN(C(=O)c2nc3c(s2)CCCN3Cc2ccccc2)C1. The summed E-state index contributed by atoms with van der Waals surface area (Å²) in [4.78, 5) is 25.5. The minimum atomic E-state index is 0.105. The highest BCUT2D eigenvalue weighted by atomic mass is 32.1. The van der Waals surface area contributed by atoms with Gasteiger partial charge in [0.1, 0.15) is 5.82 Å². The number of carbonyl (C=O) groups is 1. The predicted molar refractivity (Wildman–Crippen MR) is 106 cm³/mol. The Balaban J connectivity index is 1.51. The maximum Gasteiger partial charge on any atom is 0.282 e. The number of hydrogen-bond donors (Lipinski definition) is 0. The number of aryl methyl sites for hydroxylation is 1. The van der Waals surface area contributed by atoms with E-state index in [-0.39, 0.29) is 5.91 Å². The first-order valence-electron chi connectivity index (χ1n) is 9.36. The standard InChI is InChI=1S/C20H26N4OS/c1-22(2)16-10-12-24(14-16)20(25)19-21-18-17(26-19)9-6-11-23(18)13-15-7-4-3-5-8-15/h3-5,7-8,16H,6,9-14H2,1-2H3/t16-/m1/s1. The monoisotopic (exact) mass is 370 g/mol. The quantitative estimate of drug-likeness (QED) is 0.830. The smallest absolute Gasteiger partial charge is 0.282 e. The number of carbonyl (C=O) groups excluding carboxylic acids is 1. The Hall–Kier alpha value is -1.92.